The SMILES string of the molecule is O=C(Nc1cccc(-n2cccc2)c1)C1COCCO1. The first-order chi connectivity index (χ1) is 9.83. The van der Waals surface area contributed by atoms with Crippen molar-refractivity contribution in [2.24, 2.45) is 0 Å². The molecule has 5 heteroatoms. The normalized spacial score (nSPS) is 18.7. The highest BCUT2D eigenvalue weighted by Gasteiger charge is 2.22. The fourth-order valence-electron chi connectivity index (χ4n) is 2.11. The van der Waals surface area contributed by atoms with Gasteiger partial charge in [0.15, 0.2) is 6.10 Å². The monoisotopic (exact) mass is 272 g/mol. The Hall–Kier alpha value is -2.11. The van der Waals surface area contributed by atoms with Crippen molar-refractivity contribution >= 4 is 11.6 Å². The van der Waals surface area contributed by atoms with Crippen LogP contribution < -0.4 is 5.32 Å². The van der Waals surface area contributed by atoms with Gasteiger partial charge in [0, 0.05) is 23.8 Å². The second-order valence-corrected chi connectivity index (χ2v) is 4.56. The molecule has 1 aliphatic rings. The number of anilines is 1. The summed E-state index contributed by atoms with van der Waals surface area (Å²) in [6.07, 6.45) is 3.39. The molecule has 1 aliphatic heterocycles. The van der Waals surface area contributed by atoms with Gasteiger partial charge in [0.2, 0.25) is 0 Å². The largest absolute Gasteiger partial charge is 0.376 e. The first-order valence-corrected chi connectivity index (χ1v) is 6.56. The van der Waals surface area contributed by atoms with E-state index in [-0.39, 0.29) is 5.91 Å². The third kappa shape index (κ3) is 2.89. The Morgan fingerprint density at radius 3 is 2.80 bits per heavy atom. The quantitative estimate of drug-likeness (QED) is 0.927. The van der Waals surface area contributed by atoms with Gasteiger partial charge < -0.3 is 19.4 Å². The summed E-state index contributed by atoms with van der Waals surface area (Å²) in [5, 5.41) is 2.86. The van der Waals surface area contributed by atoms with Gasteiger partial charge in [-0.1, -0.05) is 6.07 Å². The van der Waals surface area contributed by atoms with Gasteiger partial charge in [-0.2, -0.15) is 0 Å². The number of ether oxygens (including phenoxy) is 2. The summed E-state index contributed by atoms with van der Waals surface area (Å²) in [4.78, 5) is 12.0. The Morgan fingerprint density at radius 1 is 1.20 bits per heavy atom. The third-order valence-corrected chi connectivity index (χ3v) is 3.12. The summed E-state index contributed by atoms with van der Waals surface area (Å²) in [5.41, 5.74) is 1.74. The molecule has 2 aromatic rings. The second kappa shape index (κ2) is 5.90. The van der Waals surface area contributed by atoms with E-state index in [1.54, 1.807) is 0 Å². The van der Waals surface area contributed by atoms with E-state index >= 15 is 0 Å². The smallest absolute Gasteiger partial charge is 0.255 e. The summed E-state index contributed by atoms with van der Waals surface area (Å²) in [5.74, 6) is -0.172. The minimum absolute atomic E-state index is 0.172. The van der Waals surface area contributed by atoms with Crippen molar-refractivity contribution in [3.63, 3.8) is 0 Å². The van der Waals surface area contributed by atoms with Crippen molar-refractivity contribution < 1.29 is 14.3 Å². The van der Waals surface area contributed by atoms with E-state index in [0.29, 0.717) is 19.8 Å². The van der Waals surface area contributed by atoms with Crippen LogP contribution in [0.4, 0.5) is 5.69 Å². The topological polar surface area (TPSA) is 52.5 Å². The highest BCUT2D eigenvalue weighted by molar-refractivity contribution is 5.94. The van der Waals surface area contributed by atoms with E-state index < -0.39 is 6.10 Å². The maximum Gasteiger partial charge on any atom is 0.255 e. The number of amides is 1. The fraction of sp³-hybridized carbons (Fsp3) is 0.267. The number of hydrogen-bond acceptors (Lipinski definition) is 3. The van der Waals surface area contributed by atoms with Gasteiger partial charge in [-0.15, -0.1) is 0 Å². The lowest BCUT2D eigenvalue weighted by Gasteiger charge is -2.22. The Kier molecular flexibility index (Phi) is 3.80. The zero-order valence-corrected chi connectivity index (χ0v) is 11.0. The molecule has 1 saturated heterocycles. The lowest BCUT2D eigenvalue weighted by molar-refractivity contribution is -0.142. The average Bonchev–Trinajstić information content (AvgIpc) is 3.03. The molecule has 1 fully saturated rings. The molecule has 1 unspecified atom stereocenters. The van der Waals surface area contributed by atoms with Gasteiger partial charge in [-0.25, -0.2) is 0 Å². The number of carbonyl (C=O) groups excluding carboxylic acids is 1. The Bertz CT molecular complexity index is 575. The molecule has 0 spiro atoms. The van der Waals surface area contributed by atoms with E-state index in [2.05, 4.69) is 5.32 Å². The summed E-state index contributed by atoms with van der Waals surface area (Å²) in [7, 11) is 0. The predicted octanol–water partition coefficient (Wildman–Crippen LogP) is 1.83. The number of benzene rings is 1. The van der Waals surface area contributed by atoms with E-state index in [1.165, 1.54) is 0 Å². The zero-order chi connectivity index (χ0) is 13.8. The summed E-state index contributed by atoms with van der Waals surface area (Å²) in [6.45, 7) is 1.32. The molecule has 20 heavy (non-hydrogen) atoms. The Balaban J connectivity index is 1.71. The summed E-state index contributed by atoms with van der Waals surface area (Å²) >= 11 is 0. The van der Waals surface area contributed by atoms with Crippen LogP contribution in [0.5, 0.6) is 0 Å². The van der Waals surface area contributed by atoms with Crippen LogP contribution in [0, 0.1) is 0 Å². The maximum absolute atomic E-state index is 12.0. The van der Waals surface area contributed by atoms with Crippen LogP contribution in [0.15, 0.2) is 48.8 Å². The van der Waals surface area contributed by atoms with Crippen molar-refractivity contribution in [2.45, 2.75) is 6.10 Å². The highest BCUT2D eigenvalue weighted by atomic mass is 16.6. The van der Waals surface area contributed by atoms with E-state index in [4.69, 9.17) is 9.47 Å². The van der Waals surface area contributed by atoms with Crippen LogP contribution in [0.1, 0.15) is 0 Å². The molecule has 0 aliphatic carbocycles. The summed E-state index contributed by atoms with van der Waals surface area (Å²) in [6, 6.07) is 11.6. The molecule has 0 radical (unpaired) electrons. The van der Waals surface area contributed by atoms with Crippen LogP contribution in [0.3, 0.4) is 0 Å². The lowest BCUT2D eigenvalue weighted by Crippen LogP contribution is -2.39. The van der Waals surface area contributed by atoms with Gasteiger partial charge in [-0.3, -0.25) is 4.79 Å². The van der Waals surface area contributed by atoms with Crippen molar-refractivity contribution in [1.29, 1.82) is 0 Å². The van der Waals surface area contributed by atoms with Crippen molar-refractivity contribution in [2.75, 3.05) is 25.1 Å². The molecular weight excluding hydrogens is 256 g/mol. The maximum atomic E-state index is 12.0. The van der Waals surface area contributed by atoms with Gasteiger partial charge in [0.25, 0.3) is 5.91 Å². The van der Waals surface area contributed by atoms with Crippen molar-refractivity contribution in [3.05, 3.63) is 48.8 Å². The van der Waals surface area contributed by atoms with Crippen LogP contribution in [0.25, 0.3) is 5.69 Å². The number of nitrogens with one attached hydrogen (secondary N) is 1. The zero-order valence-electron chi connectivity index (χ0n) is 11.0. The second-order valence-electron chi connectivity index (χ2n) is 4.56. The van der Waals surface area contributed by atoms with Crippen LogP contribution >= 0.6 is 0 Å². The minimum atomic E-state index is -0.529. The van der Waals surface area contributed by atoms with Crippen molar-refractivity contribution in [3.8, 4) is 5.69 Å². The molecule has 0 bridgehead atoms. The van der Waals surface area contributed by atoms with Crippen LogP contribution in [0.2, 0.25) is 0 Å². The molecule has 5 nitrogen and oxygen atoms in total. The Labute approximate surface area is 117 Å². The standard InChI is InChI=1S/C15H16N2O3/c18-15(14-11-19-8-9-20-14)16-12-4-3-5-13(10-12)17-6-1-2-7-17/h1-7,10,14H,8-9,11H2,(H,16,18). The number of hydrogen-bond donors (Lipinski definition) is 1. The number of nitrogens with zero attached hydrogens (tertiary/aromatic N) is 1. The van der Waals surface area contributed by atoms with Crippen LogP contribution in [-0.2, 0) is 14.3 Å². The third-order valence-electron chi connectivity index (χ3n) is 3.12. The molecule has 1 aromatic carbocycles. The molecule has 3 rings (SSSR count). The molecule has 1 amide bonds. The first-order valence-electron chi connectivity index (χ1n) is 6.56. The van der Waals surface area contributed by atoms with Crippen LogP contribution in [-0.4, -0.2) is 36.4 Å². The molecule has 104 valence electrons. The number of rotatable bonds is 3. The first kappa shape index (κ1) is 12.9. The summed E-state index contributed by atoms with van der Waals surface area (Å²) < 4.78 is 12.6. The number of aromatic nitrogens is 1. The van der Waals surface area contributed by atoms with E-state index in [0.717, 1.165) is 11.4 Å². The molecular formula is C15H16N2O3. The molecule has 2 heterocycles. The molecule has 1 aromatic heterocycles. The van der Waals surface area contributed by atoms with E-state index in [1.807, 2.05) is 53.4 Å². The van der Waals surface area contributed by atoms with Gasteiger partial charge >= 0.3 is 0 Å². The fourth-order valence-corrected chi connectivity index (χ4v) is 2.11. The Morgan fingerprint density at radius 2 is 2.05 bits per heavy atom. The predicted molar refractivity (Wildman–Crippen MR) is 75.0 cm³/mol. The van der Waals surface area contributed by atoms with Gasteiger partial charge in [-0.05, 0) is 30.3 Å². The highest BCUT2D eigenvalue weighted by Crippen LogP contribution is 2.15. The molecule has 0 saturated carbocycles. The molecule has 1 N–H and O–H groups in total. The molecule has 1 atom stereocenters. The van der Waals surface area contributed by atoms with E-state index in [9.17, 15) is 4.79 Å². The number of carbonyl (C=O) groups is 1. The van der Waals surface area contributed by atoms with Crippen molar-refractivity contribution in [1.82, 2.24) is 4.57 Å². The average molecular weight is 272 g/mol. The van der Waals surface area contributed by atoms with Gasteiger partial charge in [0.1, 0.15) is 0 Å². The lowest BCUT2D eigenvalue weighted by atomic mass is 10.2. The minimum Gasteiger partial charge on any atom is -0.376 e. The van der Waals surface area contributed by atoms with Gasteiger partial charge in [0.05, 0.1) is 19.8 Å².